The van der Waals surface area contributed by atoms with E-state index in [2.05, 4.69) is 10.3 Å². The summed E-state index contributed by atoms with van der Waals surface area (Å²) in [5, 5.41) is 3.27. The standard InChI is InChI=1S/C8H11Cl2N3O/c1-4(3-11)12-8(14)6-2-5(9)7(10)13-6/h2,4,13H,3,11H2,1H3,(H,12,14). The first-order valence-corrected chi connectivity index (χ1v) is 4.85. The third-order valence-electron chi connectivity index (χ3n) is 1.70. The van der Waals surface area contributed by atoms with Gasteiger partial charge in [0.25, 0.3) is 5.91 Å². The smallest absolute Gasteiger partial charge is 0.268 e. The van der Waals surface area contributed by atoms with Gasteiger partial charge in [-0.2, -0.15) is 0 Å². The van der Waals surface area contributed by atoms with E-state index < -0.39 is 0 Å². The monoisotopic (exact) mass is 235 g/mol. The van der Waals surface area contributed by atoms with Gasteiger partial charge < -0.3 is 16.0 Å². The first-order chi connectivity index (χ1) is 6.54. The van der Waals surface area contributed by atoms with Crippen molar-refractivity contribution in [2.24, 2.45) is 5.73 Å². The van der Waals surface area contributed by atoms with Crippen molar-refractivity contribution < 1.29 is 4.79 Å². The largest absolute Gasteiger partial charge is 0.347 e. The Morgan fingerprint density at radius 3 is 2.79 bits per heavy atom. The molecule has 0 fully saturated rings. The van der Waals surface area contributed by atoms with Crippen LogP contribution in [-0.2, 0) is 0 Å². The molecule has 14 heavy (non-hydrogen) atoms. The molecule has 0 saturated carbocycles. The quantitative estimate of drug-likeness (QED) is 0.742. The second-order valence-electron chi connectivity index (χ2n) is 2.96. The van der Waals surface area contributed by atoms with Crippen molar-refractivity contribution in [3.63, 3.8) is 0 Å². The van der Waals surface area contributed by atoms with Crippen LogP contribution in [0.1, 0.15) is 17.4 Å². The van der Waals surface area contributed by atoms with Crippen LogP contribution in [0.2, 0.25) is 10.2 Å². The normalized spacial score (nSPS) is 12.6. The summed E-state index contributed by atoms with van der Waals surface area (Å²) in [4.78, 5) is 14.1. The van der Waals surface area contributed by atoms with Gasteiger partial charge in [-0.05, 0) is 13.0 Å². The highest BCUT2D eigenvalue weighted by Gasteiger charge is 2.12. The fourth-order valence-electron chi connectivity index (χ4n) is 0.887. The van der Waals surface area contributed by atoms with Crippen molar-refractivity contribution in [2.45, 2.75) is 13.0 Å². The van der Waals surface area contributed by atoms with E-state index in [0.29, 0.717) is 17.3 Å². The Labute approximate surface area is 91.8 Å². The summed E-state index contributed by atoms with van der Waals surface area (Å²) in [6.45, 7) is 2.19. The Hall–Kier alpha value is -0.710. The van der Waals surface area contributed by atoms with E-state index in [1.54, 1.807) is 0 Å². The van der Waals surface area contributed by atoms with Crippen LogP contribution in [0.25, 0.3) is 0 Å². The lowest BCUT2D eigenvalue weighted by Crippen LogP contribution is -2.37. The maximum Gasteiger partial charge on any atom is 0.268 e. The summed E-state index contributed by atoms with van der Waals surface area (Å²) in [7, 11) is 0. The number of carbonyl (C=O) groups excluding carboxylic acids is 1. The van der Waals surface area contributed by atoms with Crippen LogP contribution in [0.5, 0.6) is 0 Å². The molecule has 1 amide bonds. The van der Waals surface area contributed by atoms with Gasteiger partial charge in [0, 0.05) is 12.6 Å². The summed E-state index contributed by atoms with van der Waals surface area (Å²) < 4.78 is 0. The van der Waals surface area contributed by atoms with Gasteiger partial charge in [-0.3, -0.25) is 4.79 Å². The third-order valence-corrected chi connectivity index (χ3v) is 2.39. The maximum absolute atomic E-state index is 11.5. The molecule has 1 aromatic rings. The molecule has 0 aliphatic heterocycles. The van der Waals surface area contributed by atoms with Crippen molar-refractivity contribution in [2.75, 3.05) is 6.54 Å². The lowest BCUT2D eigenvalue weighted by molar-refractivity contribution is 0.0937. The number of amides is 1. The Bertz CT molecular complexity index is 318. The molecule has 6 heteroatoms. The number of nitrogens with one attached hydrogen (secondary N) is 2. The van der Waals surface area contributed by atoms with E-state index in [-0.39, 0.29) is 17.1 Å². The zero-order valence-corrected chi connectivity index (χ0v) is 9.12. The minimum Gasteiger partial charge on any atom is -0.347 e. The van der Waals surface area contributed by atoms with E-state index >= 15 is 0 Å². The highest BCUT2D eigenvalue weighted by Crippen LogP contribution is 2.21. The van der Waals surface area contributed by atoms with Gasteiger partial charge in [0.05, 0.1) is 5.02 Å². The first-order valence-electron chi connectivity index (χ1n) is 4.09. The summed E-state index contributed by atoms with van der Waals surface area (Å²) in [5.41, 5.74) is 5.69. The average molecular weight is 236 g/mol. The molecular formula is C8H11Cl2N3O. The van der Waals surface area contributed by atoms with Gasteiger partial charge in [-0.15, -0.1) is 0 Å². The van der Waals surface area contributed by atoms with Crippen LogP contribution in [0.4, 0.5) is 0 Å². The average Bonchev–Trinajstić information content (AvgIpc) is 2.47. The summed E-state index contributed by atoms with van der Waals surface area (Å²) in [6.07, 6.45) is 0. The molecule has 0 aliphatic carbocycles. The summed E-state index contributed by atoms with van der Waals surface area (Å²) >= 11 is 11.3. The number of hydrogen-bond acceptors (Lipinski definition) is 2. The molecule has 0 spiro atoms. The molecule has 0 bridgehead atoms. The molecule has 4 N–H and O–H groups in total. The molecule has 1 atom stereocenters. The van der Waals surface area contributed by atoms with Gasteiger partial charge in [0.15, 0.2) is 0 Å². The predicted molar refractivity (Wildman–Crippen MR) is 56.8 cm³/mol. The summed E-state index contributed by atoms with van der Waals surface area (Å²) in [5.74, 6) is -0.267. The van der Waals surface area contributed by atoms with Crippen LogP contribution in [0.15, 0.2) is 6.07 Å². The van der Waals surface area contributed by atoms with Crippen molar-refractivity contribution in [1.29, 1.82) is 0 Å². The molecular weight excluding hydrogens is 225 g/mol. The Kier molecular flexibility index (Phi) is 3.80. The lowest BCUT2D eigenvalue weighted by atomic mass is 10.3. The number of carbonyl (C=O) groups is 1. The molecule has 78 valence electrons. The number of hydrogen-bond donors (Lipinski definition) is 3. The van der Waals surface area contributed by atoms with Gasteiger partial charge >= 0.3 is 0 Å². The fraction of sp³-hybridized carbons (Fsp3) is 0.375. The van der Waals surface area contributed by atoms with E-state index in [1.807, 2.05) is 6.92 Å². The number of rotatable bonds is 3. The van der Waals surface area contributed by atoms with Crippen molar-refractivity contribution in [1.82, 2.24) is 10.3 Å². The highest BCUT2D eigenvalue weighted by atomic mass is 35.5. The number of halogens is 2. The Balaban J connectivity index is 2.70. The van der Waals surface area contributed by atoms with E-state index in [9.17, 15) is 4.79 Å². The van der Waals surface area contributed by atoms with Crippen LogP contribution >= 0.6 is 23.2 Å². The number of nitrogens with two attached hydrogens (primary N) is 1. The first kappa shape index (κ1) is 11.4. The molecule has 4 nitrogen and oxygen atoms in total. The number of aromatic amines is 1. The Morgan fingerprint density at radius 2 is 2.36 bits per heavy atom. The molecule has 0 radical (unpaired) electrons. The number of H-pyrrole nitrogens is 1. The van der Waals surface area contributed by atoms with Crippen molar-refractivity contribution >= 4 is 29.1 Å². The van der Waals surface area contributed by atoms with Gasteiger partial charge in [-0.1, -0.05) is 23.2 Å². The SMILES string of the molecule is CC(CN)NC(=O)c1cc(Cl)c(Cl)[nH]1. The maximum atomic E-state index is 11.5. The Morgan fingerprint density at radius 1 is 1.71 bits per heavy atom. The van der Waals surface area contributed by atoms with E-state index in [1.165, 1.54) is 6.07 Å². The number of aromatic nitrogens is 1. The molecule has 1 rings (SSSR count). The summed E-state index contributed by atoms with van der Waals surface area (Å²) in [6, 6.07) is 1.39. The molecule has 1 aromatic heterocycles. The van der Waals surface area contributed by atoms with Crippen LogP contribution < -0.4 is 11.1 Å². The fourth-order valence-corrected chi connectivity index (χ4v) is 1.20. The van der Waals surface area contributed by atoms with Gasteiger partial charge in [-0.25, -0.2) is 0 Å². The molecule has 0 aliphatic rings. The van der Waals surface area contributed by atoms with Crippen LogP contribution in [0, 0.1) is 0 Å². The minimum absolute atomic E-state index is 0.0802. The van der Waals surface area contributed by atoms with E-state index in [0.717, 1.165) is 0 Å². The van der Waals surface area contributed by atoms with Gasteiger partial charge in [0.1, 0.15) is 10.8 Å². The lowest BCUT2D eigenvalue weighted by Gasteiger charge is -2.09. The minimum atomic E-state index is -0.267. The zero-order valence-electron chi connectivity index (χ0n) is 7.60. The topological polar surface area (TPSA) is 70.9 Å². The highest BCUT2D eigenvalue weighted by molar-refractivity contribution is 6.41. The second-order valence-corrected chi connectivity index (χ2v) is 3.74. The predicted octanol–water partition coefficient (Wildman–Crippen LogP) is 1.40. The van der Waals surface area contributed by atoms with Crippen molar-refractivity contribution in [3.8, 4) is 0 Å². The van der Waals surface area contributed by atoms with Crippen LogP contribution in [0.3, 0.4) is 0 Å². The molecule has 0 aromatic carbocycles. The molecule has 0 saturated heterocycles. The zero-order chi connectivity index (χ0) is 10.7. The van der Waals surface area contributed by atoms with Gasteiger partial charge in [0.2, 0.25) is 0 Å². The van der Waals surface area contributed by atoms with Crippen LogP contribution in [-0.4, -0.2) is 23.5 Å². The molecule has 1 heterocycles. The second kappa shape index (κ2) is 4.68. The van der Waals surface area contributed by atoms with E-state index in [4.69, 9.17) is 28.9 Å². The van der Waals surface area contributed by atoms with Crippen molar-refractivity contribution in [3.05, 3.63) is 21.9 Å². The third kappa shape index (κ3) is 2.64. The molecule has 1 unspecified atom stereocenters.